The summed E-state index contributed by atoms with van der Waals surface area (Å²) in [4.78, 5) is 8.86. The SMILES string of the molecule is CO/C(=C\C(=N)c1ccccc1)CNc1nc(C)cc(Nc2cc(C)[nH]n2)n1. The lowest BCUT2D eigenvalue weighted by Gasteiger charge is -2.11. The maximum Gasteiger partial charge on any atom is 0.225 e. The van der Waals surface area contributed by atoms with Crippen LogP contribution in [-0.2, 0) is 4.74 Å². The van der Waals surface area contributed by atoms with E-state index >= 15 is 0 Å². The molecule has 0 saturated heterocycles. The first-order valence-corrected chi connectivity index (χ1v) is 8.80. The molecule has 4 N–H and O–H groups in total. The van der Waals surface area contributed by atoms with Crippen LogP contribution in [-0.4, -0.2) is 39.5 Å². The molecule has 0 aliphatic heterocycles. The molecule has 8 nitrogen and oxygen atoms in total. The molecule has 0 unspecified atom stereocenters. The van der Waals surface area contributed by atoms with Crippen molar-refractivity contribution in [3.8, 4) is 0 Å². The van der Waals surface area contributed by atoms with Crippen LogP contribution in [0.5, 0.6) is 0 Å². The first-order chi connectivity index (χ1) is 13.5. The van der Waals surface area contributed by atoms with Crippen molar-refractivity contribution in [1.82, 2.24) is 20.2 Å². The van der Waals surface area contributed by atoms with Crippen molar-refractivity contribution in [2.75, 3.05) is 24.3 Å². The van der Waals surface area contributed by atoms with E-state index in [1.54, 1.807) is 13.2 Å². The maximum absolute atomic E-state index is 8.21. The topological polar surface area (TPSA) is 112 Å². The monoisotopic (exact) mass is 377 g/mol. The van der Waals surface area contributed by atoms with Crippen LogP contribution >= 0.6 is 0 Å². The Balaban J connectivity index is 1.68. The van der Waals surface area contributed by atoms with Gasteiger partial charge in [-0.05, 0) is 19.4 Å². The highest BCUT2D eigenvalue weighted by atomic mass is 16.5. The molecule has 2 heterocycles. The third-order valence-electron chi connectivity index (χ3n) is 3.89. The Hall–Kier alpha value is -3.68. The van der Waals surface area contributed by atoms with Crippen LogP contribution in [0.4, 0.5) is 17.6 Å². The van der Waals surface area contributed by atoms with Crippen LogP contribution in [0.3, 0.4) is 0 Å². The number of rotatable bonds is 8. The number of hydrogen-bond acceptors (Lipinski definition) is 7. The molecule has 0 spiro atoms. The summed E-state index contributed by atoms with van der Waals surface area (Å²) < 4.78 is 5.40. The van der Waals surface area contributed by atoms with Crippen LogP contribution in [0.1, 0.15) is 17.0 Å². The summed E-state index contributed by atoms with van der Waals surface area (Å²) in [5, 5.41) is 21.5. The van der Waals surface area contributed by atoms with Gasteiger partial charge in [-0.15, -0.1) is 0 Å². The third-order valence-corrected chi connectivity index (χ3v) is 3.89. The van der Waals surface area contributed by atoms with E-state index in [9.17, 15) is 0 Å². The number of methoxy groups -OCH3 is 1. The van der Waals surface area contributed by atoms with Crippen LogP contribution in [0.2, 0.25) is 0 Å². The molecule has 0 bridgehead atoms. The summed E-state index contributed by atoms with van der Waals surface area (Å²) >= 11 is 0. The highest BCUT2D eigenvalue weighted by Gasteiger charge is 2.07. The number of benzene rings is 1. The summed E-state index contributed by atoms with van der Waals surface area (Å²) in [7, 11) is 1.58. The number of nitrogens with one attached hydrogen (secondary N) is 4. The van der Waals surface area contributed by atoms with E-state index in [1.807, 2.05) is 56.3 Å². The quantitative estimate of drug-likeness (QED) is 0.353. The lowest BCUT2D eigenvalue weighted by Crippen LogP contribution is -2.12. The minimum atomic E-state index is 0.357. The predicted molar refractivity (Wildman–Crippen MR) is 110 cm³/mol. The largest absolute Gasteiger partial charge is 0.499 e. The average Bonchev–Trinajstić information content (AvgIpc) is 3.09. The fraction of sp³-hybridized carbons (Fsp3) is 0.200. The Morgan fingerprint density at radius 2 is 1.93 bits per heavy atom. The van der Waals surface area contributed by atoms with Crippen LogP contribution in [0.25, 0.3) is 0 Å². The van der Waals surface area contributed by atoms with Crippen molar-refractivity contribution >= 4 is 23.3 Å². The second-order valence-corrected chi connectivity index (χ2v) is 6.23. The van der Waals surface area contributed by atoms with Gasteiger partial charge in [-0.2, -0.15) is 10.1 Å². The molecule has 0 saturated carbocycles. The summed E-state index contributed by atoms with van der Waals surface area (Å²) in [6, 6.07) is 13.2. The Kier molecular flexibility index (Phi) is 6.01. The van der Waals surface area contributed by atoms with Crippen LogP contribution < -0.4 is 10.6 Å². The highest BCUT2D eigenvalue weighted by molar-refractivity contribution is 6.06. The smallest absolute Gasteiger partial charge is 0.225 e. The fourth-order valence-electron chi connectivity index (χ4n) is 2.54. The van der Waals surface area contributed by atoms with Crippen LogP contribution in [0, 0.1) is 19.3 Å². The van der Waals surface area contributed by atoms with Gasteiger partial charge < -0.3 is 20.8 Å². The van der Waals surface area contributed by atoms with Gasteiger partial charge in [0.2, 0.25) is 5.95 Å². The van der Waals surface area contributed by atoms with Crippen molar-refractivity contribution in [2.45, 2.75) is 13.8 Å². The second-order valence-electron chi connectivity index (χ2n) is 6.23. The number of ether oxygens (including phenoxy) is 1. The third kappa shape index (κ3) is 5.16. The lowest BCUT2D eigenvalue weighted by atomic mass is 10.1. The van der Waals surface area contributed by atoms with E-state index < -0.39 is 0 Å². The molecule has 3 aromatic rings. The van der Waals surface area contributed by atoms with E-state index in [1.165, 1.54) is 0 Å². The number of allylic oxidation sites excluding steroid dienone is 1. The van der Waals surface area contributed by atoms with Gasteiger partial charge in [-0.1, -0.05) is 30.3 Å². The lowest BCUT2D eigenvalue weighted by molar-refractivity contribution is 0.290. The molecular weight excluding hydrogens is 354 g/mol. The molecule has 144 valence electrons. The molecule has 8 heteroatoms. The molecule has 0 radical (unpaired) electrons. The predicted octanol–water partition coefficient (Wildman–Crippen LogP) is 3.57. The van der Waals surface area contributed by atoms with Gasteiger partial charge in [0.1, 0.15) is 11.6 Å². The summed E-state index contributed by atoms with van der Waals surface area (Å²) in [6.07, 6.45) is 1.68. The average molecular weight is 377 g/mol. The van der Waals surface area contributed by atoms with Gasteiger partial charge in [-0.3, -0.25) is 5.10 Å². The number of aryl methyl sites for hydroxylation is 2. The van der Waals surface area contributed by atoms with Crippen molar-refractivity contribution in [2.24, 2.45) is 0 Å². The summed E-state index contributed by atoms with van der Waals surface area (Å²) in [5.41, 5.74) is 2.97. The van der Waals surface area contributed by atoms with Crippen molar-refractivity contribution < 1.29 is 4.74 Å². The van der Waals surface area contributed by atoms with Gasteiger partial charge in [0.15, 0.2) is 5.82 Å². The molecule has 2 aromatic heterocycles. The zero-order valence-electron chi connectivity index (χ0n) is 16.1. The second kappa shape index (κ2) is 8.81. The molecule has 0 aliphatic carbocycles. The molecule has 0 amide bonds. The minimum absolute atomic E-state index is 0.357. The number of anilines is 3. The molecule has 1 aromatic carbocycles. The van der Waals surface area contributed by atoms with Gasteiger partial charge in [0, 0.05) is 29.6 Å². The minimum Gasteiger partial charge on any atom is -0.499 e. The molecule has 0 atom stereocenters. The van der Waals surface area contributed by atoms with E-state index in [0.717, 1.165) is 17.0 Å². The van der Waals surface area contributed by atoms with Crippen molar-refractivity contribution in [1.29, 1.82) is 5.41 Å². The Labute approximate surface area is 163 Å². The van der Waals surface area contributed by atoms with Gasteiger partial charge >= 0.3 is 0 Å². The van der Waals surface area contributed by atoms with E-state index in [2.05, 4.69) is 30.8 Å². The summed E-state index contributed by atoms with van der Waals surface area (Å²) in [6.45, 7) is 4.18. The van der Waals surface area contributed by atoms with Gasteiger partial charge in [0.05, 0.1) is 19.4 Å². The first-order valence-electron chi connectivity index (χ1n) is 8.80. The molecular formula is C20H23N7O. The Morgan fingerprint density at radius 3 is 2.61 bits per heavy atom. The fourth-order valence-corrected chi connectivity index (χ4v) is 2.54. The van der Waals surface area contributed by atoms with Crippen molar-refractivity contribution in [3.05, 3.63) is 71.3 Å². The summed E-state index contributed by atoms with van der Waals surface area (Å²) in [5.74, 6) is 2.40. The number of hydrogen-bond donors (Lipinski definition) is 4. The number of aromatic nitrogens is 4. The van der Waals surface area contributed by atoms with Gasteiger partial charge in [-0.25, -0.2) is 4.98 Å². The number of H-pyrrole nitrogens is 1. The van der Waals surface area contributed by atoms with E-state index in [4.69, 9.17) is 10.1 Å². The zero-order chi connectivity index (χ0) is 19.9. The van der Waals surface area contributed by atoms with E-state index in [0.29, 0.717) is 35.6 Å². The highest BCUT2D eigenvalue weighted by Crippen LogP contribution is 2.16. The standard InChI is InChI=1S/C20H23N7O/c1-13-9-18(24-19-10-14(2)26-27-19)25-20(23-13)22-12-16(28-3)11-17(21)15-7-5-4-6-8-15/h4-11,21H,12H2,1-3H3,(H3,22,23,24,25,26,27)/b16-11-,21-17?. The molecule has 0 fully saturated rings. The number of aromatic amines is 1. The van der Waals surface area contributed by atoms with Gasteiger partial charge in [0.25, 0.3) is 0 Å². The first kappa shape index (κ1) is 19.1. The maximum atomic E-state index is 8.21. The molecule has 3 rings (SSSR count). The molecule has 28 heavy (non-hydrogen) atoms. The number of nitrogens with zero attached hydrogens (tertiary/aromatic N) is 3. The van der Waals surface area contributed by atoms with Crippen LogP contribution in [0.15, 0.2) is 54.3 Å². The van der Waals surface area contributed by atoms with Crippen molar-refractivity contribution in [3.63, 3.8) is 0 Å². The Morgan fingerprint density at radius 1 is 1.14 bits per heavy atom. The normalized spacial score (nSPS) is 11.2. The van der Waals surface area contributed by atoms with E-state index in [-0.39, 0.29) is 0 Å². The Bertz CT molecular complexity index is 979. The zero-order valence-corrected chi connectivity index (χ0v) is 16.1. The molecule has 0 aliphatic rings.